The van der Waals surface area contributed by atoms with E-state index < -0.39 is 25.0 Å². The average molecular weight is 512 g/mol. The van der Waals surface area contributed by atoms with Crippen LogP contribution in [0.25, 0.3) is 0 Å². The van der Waals surface area contributed by atoms with Crippen molar-refractivity contribution in [3.05, 3.63) is 21.7 Å². The fourth-order valence-electron chi connectivity index (χ4n) is 4.17. The second-order valence-electron chi connectivity index (χ2n) is 8.99. The van der Waals surface area contributed by atoms with Gasteiger partial charge in [-0.25, -0.2) is 0 Å². The number of benzene rings is 1. The van der Waals surface area contributed by atoms with Crippen LogP contribution in [0.3, 0.4) is 0 Å². The summed E-state index contributed by atoms with van der Waals surface area (Å²) in [6, 6.07) is 1.68. The summed E-state index contributed by atoms with van der Waals surface area (Å²) in [6.45, 7) is 6.23. The summed E-state index contributed by atoms with van der Waals surface area (Å²) in [5.74, 6) is 0.396. The fraction of sp³-hybridized carbons (Fsp3) is 0.714. The van der Waals surface area contributed by atoms with Gasteiger partial charge in [0.25, 0.3) is 0 Å². The lowest BCUT2D eigenvalue weighted by atomic mass is 9.84. The molecule has 0 spiro atoms. The molecule has 2 aliphatic rings. The second-order valence-corrected chi connectivity index (χ2v) is 9.78. The van der Waals surface area contributed by atoms with Gasteiger partial charge < -0.3 is 24.4 Å². The second kappa shape index (κ2) is 9.05. The first kappa shape index (κ1) is 24.6. The molecule has 0 radical (unpaired) electrons. The van der Waals surface area contributed by atoms with Gasteiger partial charge in [-0.15, -0.1) is 0 Å². The van der Waals surface area contributed by atoms with E-state index in [4.69, 9.17) is 14.2 Å². The van der Waals surface area contributed by atoms with Crippen LogP contribution in [0.2, 0.25) is 0 Å². The van der Waals surface area contributed by atoms with Crippen LogP contribution in [-0.2, 0) is 11.2 Å². The minimum absolute atomic E-state index is 0.0708. The number of alkyl halides is 3. The van der Waals surface area contributed by atoms with Gasteiger partial charge in [-0.05, 0) is 66.7 Å². The summed E-state index contributed by atoms with van der Waals surface area (Å²) < 4.78 is 55.2. The topological polar surface area (TPSA) is 71.4 Å². The largest absolute Gasteiger partial charge is 0.493 e. The molecule has 1 saturated heterocycles. The van der Waals surface area contributed by atoms with E-state index in [9.17, 15) is 23.4 Å². The van der Waals surface area contributed by atoms with Crippen molar-refractivity contribution < 1.29 is 37.6 Å². The van der Waals surface area contributed by atoms with Gasteiger partial charge in [0.2, 0.25) is 0 Å². The van der Waals surface area contributed by atoms with E-state index in [2.05, 4.69) is 20.8 Å². The van der Waals surface area contributed by atoms with Gasteiger partial charge in [0.15, 0.2) is 17.6 Å². The number of methoxy groups -OCH3 is 1. The zero-order valence-electron chi connectivity index (χ0n) is 18.0. The van der Waals surface area contributed by atoms with Crippen molar-refractivity contribution in [1.29, 1.82) is 0 Å². The molecule has 31 heavy (non-hydrogen) atoms. The summed E-state index contributed by atoms with van der Waals surface area (Å²) in [6.07, 6.45) is -7.19. The number of fused-ring (bicyclic) bond motifs is 3. The summed E-state index contributed by atoms with van der Waals surface area (Å²) in [4.78, 5) is 2.26. The van der Waals surface area contributed by atoms with E-state index in [0.717, 1.165) is 11.1 Å². The summed E-state index contributed by atoms with van der Waals surface area (Å²) in [5.41, 5.74) is 1.47. The number of piperidine rings is 1. The molecule has 1 fully saturated rings. The van der Waals surface area contributed by atoms with Crippen LogP contribution in [0.1, 0.15) is 44.4 Å². The standard InChI is InChI=1S/C21H29BrF3NO5/c1-20(2,3)31-16-9-26-6-5-11-12(13(26)8-14(16)27)7-15(29-4)19(18(11)22)30-10-17(28)21(23,24)25/h7,13-14,16-17,27-28H,5-6,8-10H2,1-4H3/t13-,14-,16-,17+/m1/s1. The Kier molecular flexibility index (Phi) is 7.17. The number of hydrogen-bond donors (Lipinski definition) is 2. The van der Waals surface area contributed by atoms with Gasteiger partial charge >= 0.3 is 6.18 Å². The van der Waals surface area contributed by atoms with Crippen molar-refractivity contribution in [2.24, 2.45) is 0 Å². The number of rotatable bonds is 5. The van der Waals surface area contributed by atoms with Gasteiger partial charge in [-0.2, -0.15) is 13.2 Å². The Morgan fingerprint density at radius 1 is 1.29 bits per heavy atom. The van der Waals surface area contributed by atoms with Crippen LogP contribution in [-0.4, -0.2) is 72.0 Å². The maximum atomic E-state index is 12.7. The number of ether oxygens (including phenoxy) is 3. The Labute approximate surface area is 188 Å². The molecule has 0 aromatic heterocycles. The van der Waals surface area contributed by atoms with Crippen LogP contribution >= 0.6 is 15.9 Å². The molecule has 10 heteroatoms. The molecular weight excluding hydrogens is 483 g/mol. The number of hydrogen-bond acceptors (Lipinski definition) is 6. The molecule has 3 rings (SSSR count). The minimum Gasteiger partial charge on any atom is -0.493 e. The molecule has 0 unspecified atom stereocenters. The van der Waals surface area contributed by atoms with E-state index in [1.54, 1.807) is 6.07 Å². The highest BCUT2D eigenvalue weighted by Gasteiger charge is 2.42. The van der Waals surface area contributed by atoms with E-state index in [0.29, 0.717) is 30.4 Å². The van der Waals surface area contributed by atoms with Crippen LogP contribution in [0.4, 0.5) is 13.2 Å². The highest BCUT2D eigenvalue weighted by atomic mass is 79.9. The Bertz CT molecular complexity index is 799. The normalized spacial score (nSPS) is 25.5. The van der Waals surface area contributed by atoms with E-state index in [1.165, 1.54) is 7.11 Å². The SMILES string of the molecule is COc1cc2c(c(Br)c1OC[C@H](O)C(F)(F)F)CCN1C[C@@H](OC(C)(C)C)[C@H](O)C[C@H]21. The van der Waals surface area contributed by atoms with Crippen LogP contribution in [0.15, 0.2) is 10.5 Å². The van der Waals surface area contributed by atoms with E-state index in [-0.39, 0.29) is 29.2 Å². The third kappa shape index (κ3) is 5.47. The minimum atomic E-state index is -4.77. The van der Waals surface area contributed by atoms with Gasteiger partial charge in [0.05, 0.1) is 29.4 Å². The molecule has 0 bridgehead atoms. The van der Waals surface area contributed by atoms with E-state index in [1.807, 2.05) is 20.8 Å². The van der Waals surface area contributed by atoms with Crippen molar-refractivity contribution >= 4 is 15.9 Å². The van der Waals surface area contributed by atoms with Crippen molar-refractivity contribution in [2.45, 2.75) is 69.7 Å². The number of nitrogens with zero attached hydrogens (tertiary/aromatic N) is 1. The highest BCUT2D eigenvalue weighted by Crippen LogP contribution is 2.47. The van der Waals surface area contributed by atoms with Gasteiger partial charge in [0.1, 0.15) is 6.61 Å². The molecule has 4 atom stereocenters. The first-order chi connectivity index (χ1) is 14.3. The van der Waals surface area contributed by atoms with Gasteiger partial charge in [0, 0.05) is 19.1 Å². The molecule has 1 aromatic rings. The fourth-order valence-corrected chi connectivity index (χ4v) is 4.90. The first-order valence-electron chi connectivity index (χ1n) is 10.2. The maximum Gasteiger partial charge on any atom is 0.417 e. The Balaban J connectivity index is 1.86. The van der Waals surface area contributed by atoms with Gasteiger partial charge in [-0.1, -0.05) is 0 Å². The number of halogens is 4. The quantitative estimate of drug-likeness (QED) is 0.629. The molecule has 2 N–H and O–H groups in total. The number of aliphatic hydroxyl groups excluding tert-OH is 2. The molecular formula is C21H29BrF3NO5. The van der Waals surface area contributed by atoms with Crippen molar-refractivity contribution in [2.75, 3.05) is 26.8 Å². The molecule has 6 nitrogen and oxygen atoms in total. The van der Waals surface area contributed by atoms with Crippen LogP contribution < -0.4 is 9.47 Å². The van der Waals surface area contributed by atoms with Crippen molar-refractivity contribution in [3.8, 4) is 11.5 Å². The maximum absolute atomic E-state index is 12.7. The van der Waals surface area contributed by atoms with Crippen LogP contribution in [0.5, 0.6) is 11.5 Å². The summed E-state index contributed by atoms with van der Waals surface area (Å²) >= 11 is 3.47. The molecule has 0 saturated carbocycles. The molecule has 1 aromatic carbocycles. The Morgan fingerprint density at radius 2 is 1.97 bits per heavy atom. The highest BCUT2D eigenvalue weighted by molar-refractivity contribution is 9.10. The third-order valence-corrected chi connectivity index (χ3v) is 6.41. The Hall–Kier alpha value is -1.07. The molecule has 0 amide bonds. The van der Waals surface area contributed by atoms with Crippen molar-refractivity contribution in [3.63, 3.8) is 0 Å². The predicted molar refractivity (Wildman–Crippen MR) is 112 cm³/mol. The van der Waals surface area contributed by atoms with E-state index >= 15 is 0 Å². The monoisotopic (exact) mass is 511 g/mol. The van der Waals surface area contributed by atoms with Gasteiger partial charge in [-0.3, -0.25) is 4.90 Å². The van der Waals surface area contributed by atoms with Crippen molar-refractivity contribution in [1.82, 2.24) is 4.90 Å². The average Bonchev–Trinajstić information content (AvgIpc) is 2.65. The predicted octanol–water partition coefficient (Wildman–Crippen LogP) is 3.61. The first-order valence-corrected chi connectivity index (χ1v) is 11.0. The summed E-state index contributed by atoms with van der Waals surface area (Å²) in [7, 11) is 1.41. The zero-order valence-corrected chi connectivity index (χ0v) is 19.6. The number of aliphatic hydroxyl groups is 2. The lowest BCUT2D eigenvalue weighted by molar-refractivity contribution is -0.210. The summed E-state index contributed by atoms with van der Waals surface area (Å²) in [5, 5.41) is 20.0. The molecule has 176 valence electrons. The Morgan fingerprint density at radius 3 is 2.55 bits per heavy atom. The molecule has 2 heterocycles. The third-order valence-electron chi connectivity index (χ3n) is 5.57. The molecule has 0 aliphatic carbocycles. The molecule has 2 aliphatic heterocycles. The van der Waals surface area contributed by atoms with Crippen LogP contribution in [0, 0.1) is 0 Å². The lowest BCUT2D eigenvalue weighted by Crippen LogP contribution is -2.53. The smallest absolute Gasteiger partial charge is 0.417 e. The lowest BCUT2D eigenvalue weighted by Gasteiger charge is -2.47. The zero-order chi connectivity index (χ0) is 23.1.